The van der Waals surface area contributed by atoms with Crippen molar-refractivity contribution in [3.05, 3.63) is 29.3 Å². The Morgan fingerprint density at radius 1 is 1.20 bits per heavy atom. The molecule has 3 heteroatoms. The third-order valence-corrected chi connectivity index (χ3v) is 4.94. The van der Waals surface area contributed by atoms with Crippen molar-refractivity contribution in [3.8, 4) is 0 Å². The Hall–Kier alpha value is -1.51. The van der Waals surface area contributed by atoms with Crippen LogP contribution in [0.15, 0.2) is 18.2 Å². The van der Waals surface area contributed by atoms with Gasteiger partial charge in [0.05, 0.1) is 5.56 Å². The summed E-state index contributed by atoms with van der Waals surface area (Å²) in [4.78, 5) is 14.9. The zero-order valence-electron chi connectivity index (χ0n) is 12.3. The molecule has 1 aliphatic heterocycles. The number of aryl methyl sites for hydroxylation is 1. The van der Waals surface area contributed by atoms with Crippen LogP contribution in [-0.4, -0.2) is 23.4 Å². The summed E-state index contributed by atoms with van der Waals surface area (Å²) in [6.07, 6.45) is 7.47. The van der Waals surface area contributed by atoms with Crippen LogP contribution < -0.4 is 5.73 Å². The number of carbonyl (C=O) groups is 1. The second-order valence-corrected chi connectivity index (χ2v) is 6.34. The Morgan fingerprint density at radius 3 is 2.75 bits per heavy atom. The van der Waals surface area contributed by atoms with Crippen molar-refractivity contribution >= 4 is 11.6 Å². The Labute approximate surface area is 121 Å². The number of piperidine rings is 1. The van der Waals surface area contributed by atoms with Gasteiger partial charge >= 0.3 is 0 Å². The molecule has 0 radical (unpaired) electrons. The van der Waals surface area contributed by atoms with Gasteiger partial charge in [0.2, 0.25) is 0 Å². The lowest BCUT2D eigenvalue weighted by molar-refractivity contribution is 0.0391. The number of nitrogens with zero attached hydrogens (tertiary/aromatic N) is 1. The number of fused-ring (bicyclic) bond motifs is 1. The van der Waals surface area contributed by atoms with Crippen LogP contribution in [-0.2, 0) is 0 Å². The molecule has 0 bridgehead atoms. The summed E-state index contributed by atoms with van der Waals surface area (Å²) in [5.41, 5.74) is 8.46. The quantitative estimate of drug-likeness (QED) is 0.797. The van der Waals surface area contributed by atoms with Gasteiger partial charge in [0.1, 0.15) is 0 Å². The van der Waals surface area contributed by atoms with Gasteiger partial charge < -0.3 is 10.6 Å². The predicted octanol–water partition coefficient (Wildman–Crippen LogP) is 3.37. The van der Waals surface area contributed by atoms with Gasteiger partial charge in [-0.1, -0.05) is 18.9 Å². The molecule has 1 aliphatic carbocycles. The summed E-state index contributed by atoms with van der Waals surface area (Å²) in [7, 11) is 0. The van der Waals surface area contributed by atoms with Crippen LogP contribution in [0.4, 0.5) is 5.69 Å². The number of anilines is 1. The molecule has 2 atom stereocenters. The summed E-state index contributed by atoms with van der Waals surface area (Å²) in [5, 5.41) is 0. The Morgan fingerprint density at radius 2 is 1.95 bits per heavy atom. The topological polar surface area (TPSA) is 46.3 Å². The Bertz CT molecular complexity index is 510. The average molecular weight is 272 g/mol. The molecule has 2 unspecified atom stereocenters. The number of nitrogens with two attached hydrogens (primary N) is 1. The van der Waals surface area contributed by atoms with E-state index in [1.165, 1.54) is 32.1 Å². The largest absolute Gasteiger partial charge is 0.398 e. The molecule has 2 fully saturated rings. The summed E-state index contributed by atoms with van der Waals surface area (Å²) >= 11 is 0. The van der Waals surface area contributed by atoms with Crippen LogP contribution in [0.2, 0.25) is 0 Å². The highest BCUT2D eigenvalue weighted by molar-refractivity contribution is 5.99. The van der Waals surface area contributed by atoms with Crippen molar-refractivity contribution in [3.63, 3.8) is 0 Å². The molecular formula is C17H24N2O. The van der Waals surface area contributed by atoms with Gasteiger partial charge in [-0.3, -0.25) is 4.79 Å². The first-order valence-corrected chi connectivity index (χ1v) is 7.84. The maximum Gasteiger partial charge on any atom is 0.256 e. The SMILES string of the molecule is Cc1ccc(C(=O)N2CCCC3CCCCC32)c(N)c1. The minimum Gasteiger partial charge on any atom is -0.398 e. The van der Waals surface area contributed by atoms with Crippen molar-refractivity contribution < 1.29 is 4.79 Å². The van der Waals surface area contributed by atoms with Crippen molar-refractivity contribution in [2.45, 2.75) is 51.5 Å². The molecule has 108 valence electrons. The molecule has 2 N–H and O–H groups in total. The predicted molar refractivity (Wildman–Crippen MR) is 81.6 cm³/mol. The maximum atomic E-state index is 12.8. The molecule has 1 saturated heterocycles. The standard InChI is InChI=1S/C17H24N2O/c1-12-8-9-14(15(18)11-12)17(20)19-10-4-6-13-5-2-3-7-16(13)19/h8-9,11,13,16H,2-7,10,18H2,1H3. The molecule has 0 spiro atoms. The molecule has 1 saturated carbocycles. The van der Waals surface area contributed by atoms with Crippen LogP contribution in [0.25, 0.3) is 0 Å². The maximum absolute atomic E-state index is 12.8. The first-order valence-electron chi connectivity index (χ1n) is 7.84. The van der Waals surface area contributed by atoms with Gasteiger partial charge in [0, 0.05) is 18.3 Å². The van der Waals surface area contributed by atoms with E-state index in [1.807, 2.05) is 25.1 Å². The highest BCUT2D eigenvalue weighted by atomic mass is 16.2. The summed E-state index contributed by atoms with van der Waals surface area (Å²) in [6.45, 7) is 2.90. The van der Waals surface area contributed by atoms with E-state index < -0.39 is 0 Å². The first kappa shape index (κ1) is 13.5. The molecule has 1 heterocycles. The van der Waals surface area contributed by atoms with E-state index in [0.717, 1.165) is 18.5 Å². The van der Waals surface area contributed by atoms with E-state index in [4.69, 9.17) is 5.73 Å². The highest BCUT2D eigenvalue weighted by Crippen LogP contribution is 2.36. The summed E-state index contributed by atoms with van der Waals surface area (Å²) in [6, 6.07) is 6.21. The number of nitrogen functional groups attached to an aromatic ring is 1. The van der Waals surface area contributed by atoms with Crippen LogP contribution in [0, 0.1) is 12.8 Å². The number of likely N-dealkylation sites (tertiary alicyclic amines) is 1. The van der Waals surface area contributed by atoms with E-state index >= 15 is 0 Å². The normalized spacial score (nSPS) is 26.1. The average Bonchev–Trinajstić information content (AvgIpc) is 2.46. The third-order valence-electron chi connectivity index (χ3n) is 4.94. The van der Waals surface area contributed by atoms with Crippen molar-refractivity contribution in [1.29, 1.82) is 0 Å². The van der Waals surface area contributed by atoms with Gasteiger partial charge in [0.15, 0.2) is 0 Å². The molecular weight excluding hydrogens is 248 g/mol. The third kappa shape index (κ3) is 2.41. The van der Waals surface area contributed by atoms with Crippen molar-refractivity contribution in [1.82, 2.24) is 4.90 Å². The smallest absolute Gasteiger partial charge is 0.256 e. The fraction of sp³-hybridized carbons (Fsp3) is 0.588. The molecule has 3 nitrogen and oxygen atoms in total. The molecule has 0 aromatic heterocycles. The van der Waals surface area contributed by atoms with E-state index in [-0.39, 0.29) is 5.91 Å². The summed E-state index contributed by atoms with van der Waals surface area (Å²) in [5.74, 6) is 0.854. The van der Waals surface area contributed by atoms with Crippen LogP contribution in [0.3, 0.4) is 0 Å². The number of rotatable bonds is 1. The molecule has 1 aromatic carbocycles. The fourth-order valence-electron chi connectivity index (χ4n) is 3.91. The lowest BCUT2D eigenvalue weighted by Crippen LogP contribution is -2.49. The van der Waals surface area contributed by atoms with Gasteiger partial charge in [0.25, 0.3) is 5.91 Å². The van der Waals surface area contributed by atoms with Gasteiger partial charge in [-0.05, 0) is 56.2 Å². The van der Waals surface area contributed by atoms with E-state index in [2.05, 4.69) is 4.90 Å². The number of hydrogen-bond acceptors (Lipinski definition) is 2. The molecule has 1 amide bonds. The van der Waals surface area contributed by atoms with Gasteiger partial charge in [-0.25, -0.2) is 0 Å². The molecule has 3 rings (SSSR count). The second-order valence-electron chi connectivity index (χ2n) is 6.34. The lowest BCUT2D eigenvalue weighted by atomic mass is 9.78. The fourth-order valence-corrected chi connectivity index (χ4v) is 3.91. The number of amides is 1. The van der Waals surface area contributed by atoms with Gasteiger partial charge in [-0.2, -0.15) is 0 Å². The molecule has 20 heavy (non-hydrogen) atoms. The number of benzene rings is 1. The Balaban J connectivity index is 1.85. The monoisotopic (exact) mass is 272 g/mol. The van der Waals surface area contributed by atoms with E-state index in [1.54, 1.807) is 0 Å². The van der Waals surface area contributed by atoms with Crippen LogP contribution in [0.1, 0.15) is 54.4 Å². The summed E-state index contributed by atoms with van der Waals surface area (Å²) < 4.78 is 0. The molecule has 2 aliphatic rings. The molecule has 1 aromatic rings. The number of carbonyl (C=O) groups excluding carboxylic acids is 1. The zero-order valence-corrected chi connectivity index (χ0v) is 12.3. The van der Waals surface area contributed by atoms with Crippen LogP contribution >= 0.6 is 0 Å². The second kappa shape index (κ2) is 5.47. The minimum atomic E-state index is 0.138. The lowest BCUT2D eigenvalue weighted by Gasteiger charge is -2.44. The Kier molecular flexibility index (Phi) is 3.68. The van der Waals surface area contributed by atoms with E-state index in [9.17, 15) is 4.79 Å². The van der Waals surface area contributed by atoms with Crippen molar-refractivity contribution in [2.24, 2.45) is 5.92 Å². The minimum absolute atomic E-state index is 0.138. The first-order chi connectivity index (χ1) is 9.66. The van der Waals surface area contributed by atoms with E-state index in [0.29, 0.717) is 23.2 Å². The zero-order chi connectivity index (χ0) is 14.1. The van der Waals surface area contributed by atoms with Crippen LogP contribution in [0.5, 0.6) is 0 Å². The van der Waals surface area contributed by atoms with Crippen molar-refractivity contribution in [2.75, 3.05) is 12.3 Å². The highest BCUT2D eigenvalue weighted by Gasteiger charge is 2.36. The van der Waals surface area contributed by atoms with Gasteiger partial charge in [-0.15, -0.1) is 0 Å². The number of hydrogen-bond donors (Lipinski definition) is 1.